The SMILES string of the molecule is CC(Oc1ccc(Br)cc1)C(=O)NNC(=O)c1ccc([N+](=O)[O-])cc1. The number of hydrogen-bond acceptors (Lipinski definition) is 5. The molecule has 1 atom stereocenters. The summed E-state index contributed by atoms with van der Waals surface area (Å²) in [5, 5.41) is 10.6. The molecule has 0 radical (unpaired) electrons. The van der Waals surface area contributed by atoms with Crippen LogP contribution in [0, 0.1) is 10.1 Å². The number of benzene rings is 2. The summed E-state index contributed by atoms with van der Waals surface area (Å²) in [7, 11) is 0. The molecule has 0 saturated heterocycles. The molecule has 0 aliphatic heterocycles. The predicted molar refractivity (Wildman–Crippen MR) is 92.9 cm³/mol. The summed E-state index contributed by atoms with van der Waals surface area (Å²) in [6.45, 7) is 1.54. The molecule has 2 aromatic carbocycles. The van der Waals surface area contributed by atoms with Crippen molar-refractivity contribution in [1.82, 2.24) is 10.9 Å². The van der Waals surface area contributed by atoms with Crippen LogP contribution in [0.3, 0.4) is 0 Å². The van der Waals surface area contributed by atoms with E-state index in [1.165, 1.54) is 31.2 Å². The highest BCUT2D eigenvalue weighted by atomic mass is 79.9. The second-order valence-electron chi connectivity index (χ2n) is 4.96. The van der Waals surface area contributed by atoms with Crippen LogP contribution >= 0.6 is 15.9 Å². The molecule has 0 bridgehead atoms. The smallest absolute Gasteiger partial charge is 0.279 e. The molecule has 130 valence electrons. The van der Waals surface area contributed by atoms with Gasteiger partial charge in [-0.3, -0.25) is 30.6 Å². The van der Waals surface area contributed by atoms with Gasteiger partial charge in [-0.25, -0.2) is 0 Å². The van der Waals surface area contributed by atoms with Gasteiger partial charge in [-0.2, -0.15) is 0 Å². The molecular formula is C16H14BrN3O5. The van der Waals surface area contributed by atoms with Gasteiger partial charge in [0.05, 0.1) is 4.92 Å². The third-order valence-corrected chi connectivity index (χ3v) is 3.66. The average molecular weight is 408 g/mol. The summed E-state index contributed by atoms with van der Waals surface area (Å²) in [5.41, 5.74) is 4.52. The standard InChI is InChI=1S/C16H14BrN3O5/c1-10(25-14-8-4-12(17)5-9-14)15(21)18-19-16(22)11-2-6-13(7-3-11)20(23)24/h2-10H,1H3,(H,18,21)(H,19,22). The van der Waals surface area contributed by atoms with E-state index in [-0.39, 0.29) is 11.3 Å². The lowest BCUT2D eigenvalue weighted by Crippen LogP contribution is -2.47. The maximum absolute atomic E-state index is 11.9. The van der Waals surface area contributed by atoms with Gasteiger partial charge in [0.1, 0.15) is 5.75 Å². The Labute approximate surface area is 151 Å². The van der Waals surface area contributed by atoms with Crippen molar-refractivity contribution >= 4 is 33.4 Å². The van der Waals surface area contributed by atoms with Crippen LogP contribution in [-0.4, -0.2) is 22.8 Å². The van der Waals surface area contributed by atoms with Crippen molar-refractivity contribution in [2.24, 2.45) is 0 Å². The second kappa shape index (κ2) is 8.25. The summed E-state index contributed by atoms with van der Waals surface area (Å²) < 4.78 is 6.33. The van der Waals surface area contributed by atoms with Crippen LogP contribution in [0.5, 0.6) is 5.75 Å². The molecule has 2 aromatic rings. The number of rotatable bonds is 5. The Morgan fingerprint density at radius 1 is 1.08 bits per heavy atom. The number of carbonyl (C=O) groups excluding carboxylic acids is 2. The highest BCUT2D eigenvalue weighted by Crippen LogP contribution is 2.17. The van der Waals surface area contributed by atoms with E-state index in [4.69, 9.17) is 4.74 Å². The van der Waals surface area contributed by atoms with Crippen LogP contribution in [0.15, 0.2) is 53.0 Å². The lowest BCUT2D eigenvalue weighted by atomic mass is 10.2. The van der Waals surface area contributed by atoms with Gasteiger partial charge in [0, 0.05) is 22.2 Å². The summed E-state index contributed by atoms with van der Waals surface area (Å²) in [6.07, 6.45) is -0.835. The lowest BCUT2D eigenvalue weighted by molar-refractivity contribution is -0.384. The molecule has 0 heterocycles. The van der Waals surface area contributed by atoms with Crippen LogP contribution < -0.4 is 15.6 Å². The molecule has 0 spiro atoms. The Kier molecular flexibility index (Phi) is 6.07. The van der Waals surface area contributed by atoms with Gasteiger partial charge in [0.15, 0.2) is 6.10 Å². The quantitative estimate of drug-likeness (QED) is 0.584. The number of nitro groups is 1. The monoisotopic (exact) mass is 407 g/mol. The van der Waals surface area contributed by atoms with E-state index in [9.17, 15) is 19.7 Å². The molecule has 1 unspecified atom stereocenters. The fourth-order valence-electron chi connectivity index (χ4n) is 1.80. The van der Waals surface area contributed by atoms with E-state index in [1.807, 2.05) is 0 Å². The summed E-state index contributed by atoms with van der Waals surface area (Å²) in [4.78, 5) is 33.9. The topological polar surface area (TPSA) is 111 Å². The molecule has 0 fully saturated rings. The van der Waals surface area contributed by atoms with Crippen molar-refractivity contribution in [3.63, 3.8) is 0 Å². The van der Waals surface area contributed by atoms with Gasteiger partial charge in [-0.1, -0.05) is 15.9 Å². The van der Waals surface area contributed by atoms with Gasteiger partial charge in [-0.05, 0) is 43.3 Å². The molecule has 25 heavy (non-hydrogen) atoms. The first-order valence-corrected chi connectivity index (χ1v) is 7.93. The lowest BCUT2D eigenvalue weighted by Gasteiger charge is -2.15. The van der Waals surface area contributed by atoms with E-state index in [0.717, 1.165) is 4.47 Å². The van der Waals surface area contributed by atoms with Crippen LogP contribution in [-0.2, 0) is 4.79 Å². The molecule has 2 rings (SSSR count). The molecular weight excluding hydrogens is 394 g/mol. The van der Waals surface area contributed by atoms with Gasteiger partial charge >= 0.3 is 0 Å². The molecule has 8 nitrogen and oxygen atoms in total. The third-order valence-electron chi connectivity index (χ3n) is 3.14. The van der Waals surface area contributed by atoms with Crippen LogP contribution in [0.25, 0.3) is 0 Å². The number of ether oxygens (including phenoxy) is 1. The van der Waals surface area contributed by atoms with Crippen molar-refractivity contribution in [2.75, 3.05) is 0 Å². The summed E-state index contributed by atoms with van der Waals surface area (Å²) in [6, 6.07) is 11.9. The van der Waals surface area contributed by atoms with Gasteiger partial charge < -0.3 is 4.74 Å². The molecule has 9 heteroatoms. The van der Waals surface area contributed by atoms with Crippen molar-refractivity contribution in [1.29, 1.82) is 0 Å². The zero-order valence-electron chi connectivity index (χ0n) is 13.1. The van der Waals surface area contributed by atoms with Crippen molar-refractivity contribution < 1.29 is 19.2 Å². The molecule has 0 aliphatic carbocycles. The van der Waals surface area contributed by atoms with Gasteiger partial charge in [0.2, 0.25) is 0 Å². The molecule has 2 amide bonds. The molecule has 0 saturated carbocycles. The minimum Gasteiger partial charge on any atom is -0.481 e. The number of amides is 2. The van der Waals surface area contributed by atoms with Crippen molar-refractivity contribution in [3.8, 4) is 5.75 Å². The number of nitro benzene ring substituents is 1. The number of nitrogens with zero attached hydrogens (tertiary/aromatic N) is 1. The first-order valence-electron chi connectivity index (χ1n) is 7.13. The highest BCUT2D eigenvalue weighted by Gasteiger charge is 2.16. The number of halogens is 1. The predicted octanol–water partition coefficient (Wildman–Crippen LogP) is 2.59. The maximum Gasteiger partial charge on any atom is 0.279 e. The normalized spacial score (nSPS) is 11.3. The van der Waals surface area contributed by atoms with Crippen molar-refractivity contribution in [3.05, 3.63) is 68.7 Å². The maximum atomic E-state index is 11.9. The van der Waals surface area contributed by atoms with Gasteiger partial charge in [0.25, 0.3) is 17.5 Å². The number of hydrogen-bond donors (Lipinski definition) is 2. The average Bonchev–Trinajstić information content (AvgIpc) is 2.61. The van der Waals surface area contributed by atoms with E-state index in [2.05, 4.69) is 26.8 Å². The Morgan fingerprint density at radius 3 is 2.24 bits per heavy atom. The van der Waals surface area contributed by atoms with Crippen molar-refractivity contribution in [2.45, 2.75) is 13.0 Å². The first kappa shape index (κ1) is 18.4. The number of non-ortho nitro benzene ring substituents is 1. The molecule has 0 aliphatic rings. The van der Waals surface area contributed by atoms with E-state index in [0.29, 0.717) is 5.75 Å². The fourth-order valence-corrected chi connectivity index (χ4v) is 2.06. The zero-order chi connectivity index (χ0) is 18.4. The molecule has 2 N–H and O–H groups in total. The summed E-state index contributed by atoms with van der Waals surface area (Å²) >= 11 is 3.30. The van der Waals surface area contributed by atoms with E-state index >= 15 is 0 Å². The van der Waals surface area contributed by atoms with Gasteiger partial charge in [-0.15, -0.1) is 0 Å². The number of hydrazine groups is 1. The van der Waals surface area contributed by atoms with E-state index < -0.39 is 22.8 Å². The third kappa shape index (κ3) is 5.28. The Bertz CT molecular complexity index is 777. The molecule has 0 aromatic heterocycles. The Hall–Kier alpha value is -2.94. The Balaban J connectivity index is 1.86. The minimum absolute atomic E-state index is 0.128. The van der Waals surface area contributed by atoms with Crippen LogP contribution in [0.4, 0.5) is 5.69 Å². The summed E-state index contributed by atoms with van der Waals surface area (Å²) in [5.74, 6) is -0.634. The first-order chi connectivity index (χ1) is 11.9. The minimum atomic E-state index is -0.835. The largest absolute Gasteiger partial charge is 0.481 e. The Morgan fingerprint density at radius 2 is 1.68 bits per heavy atom. The zero-order valence-corrected chi connectivity index (χ0v) is 14.6. The van der Waals surface area contributed by atoms with Crippen LogP contribution in [0.2, 0.25) is 0 Å². The fraction of sp³-hybridized carbons (Fsp3) is 0.125. The second-order valence-corrected chi connectivity index (χ2v) is 5.88. The number of nitrogens with one attached hydrogen (secondary N) is 2. The van der Waals surface area contributed by atoms with Crippen LogP contribution in [0.1, 0.15) is 17.3 Å². The van der Waals surface area contributed by atoms with E-state index in [1.54, 1.807) is 24.3 Å². The highest BCUT2D eigenvalue weighted by molar-refractivity contribution is 9.10. The number of carbonyl (C=O) groups is 2.